The summed E-state index contributed by atoms with van der Waals surface area (Å²) in [6, 6.07) is 12.0. The molecule has 0 aliphatic heterocycles. The predicted molar refractivity (Wildman–Crippen MR) is 77.8 cm³/mol. The van der Waals surface area contributed by atoms with Crippen LogP contribution in [0, 0.1) is 0 Å². The largest absolute Gasteiger partial charge is 0.363 e. The van der Waals surface area contributed by atoms with E-state index in [-0.39, 0.29) is 6.04 Å². The molecule has 100 valence electrons. The third-order valence-electron chi connectivity index (χ3n) is 3.23. The van der Waals surface area contributed by atoms with E-state index in [1.54, 1.807) is 6.07 Å². The number of aldehydes is 1. The Kier molecular flexibility index (Phi) is 3.16. The second-order valence-electron chi connectivity index (χ2n) is 4.60. The van der Waals surface area contributed by atoms with Crippen molar-refractivity contribution in [3.63, 3.8) is 0 Å². The molecule has 0 amide bonds. The number of hydrogen-bond acceptors (Lipinski definition) is 4. The van der Waals surface area contributed by atoms with Gasteiger partial charge in [-0.2, -0.15) is 0 Å². The molecule has 2 heterocycles. The number of hydrogen-bond donors (Lipinski definition) is 2. The van der Waals surface area contributed by atoms with Gasteiger partial charge in [0.25, 0.3) is 0 Å². The number of carbonyl (C=O) groups excluding carboxylic acids is 1. The summed E-state index contributed by atoms with van der Waals surface area (Å²) in [6.07, 6.45) is 2.25. The average Bonchev–Trinajstić information content (AvgIpc) is 2.92. The molecular formula is C15H14N4O. The van der Waals surface area contributed by atoms with Crippen LogP contribution in [0.4, 0.5) is 5.82 Å². The Morgan fingerprint density at radius 3 is 2.80 bits per heavy atom. The maximum atomic E-state index is 10.8. The standard InChI is InChI=1S/C15H14N4O/c1-10(11-5-3-2-4-6-11)18-14-13-7-12(8-20)19-15(13)17-9-16-14/h2-10H,1H3,(H2,16,17,18,19). The summed E-state index contributed by atoms with van der Waals surface area (Å²) in [7, 11) is 0. The minimum Gasteiger partial charge on any atom is -0.363 e. The molecule has 1 aromatic carbocycles. The van der Waals surface area contributed by atoms with Crippen LogP contribution in [0.25, 0.3) is 11.0 Å². The van der Waals surface area contributed by atoms with Crippen LogP contribution in [-0.4, -0.2) is 21.2 Å². The van der Waals surface area contributed by atoms with Crippen LogP contribution in [0.15, 0.2) is 42.7 Å². The fourth-order valence-electron chi connectivity index (χ4n) is 2.17. The van der Waals surface area contributed by atoms with Crippen molar-refractivity contribution in [2.75, 3.05) is 5.32 Å². The highest BCUT2D eigenvalue weighted by atomic mass is 16.1. The lowest BCUT2D eigenvalue weighted by molar-refractivity contribution is 0.112. The zero-order valence-corrected chi connectivity index (χ0v) is 11.0. The molecule has 0 saturated carbocycles. The lowest BCUT2D eigenvalue weighted by Gasteiger charge is -2.15. The number of nitrogens with zero attached hydrogens (tertiary/aromatic N) is 2. The van der Waals surface area contributed by atoms with Crippen LogP contribution >= 0.6 is 0 Å². The summed E-state index contributed by atoms with van der Waals surface area (Å²) in [4.78, 5) is 22.2. The first-order chi connectivity index (χ1) is 9.78. The van der Waals surface area contributed by atoms with Gasteiger partial charge in [-0.3, -0.25) is 4.79 Å². The molecule has 0 radical (unpaired) electrons. The van der Waals surface area contributed by atoms with E-state index < -0.39 is 0 Å². The highest BCUT2D eigenvalue weighted by Gasteiger charge is 2.11. The first-order valence-electron chi connectivity index (χ1n) is 6.38. The van der Waals surface area contributed by atoms with Crippen LogP contribution in [-0.2, 0) is 0 Å². The average molecular weight is 266 g/mol. The van der Waals surface area contributed by atoms with Gasteiger partial charge >= 0.3 is 0 Å². The molecule has 0 saturated heterocycles. The van der Waals surface area contributed by atoms with E-state index in [1.807, 2.05) is 18.2 Å². The van der Waals surface area contributed by atoms with Crippen molar-refractivity contribution in [2.45, 2.75) is 13.0 Å². The van der Waals surface area contributed by atoms with Gasteiger partial charge in [-0.1, -0.05) is 30.3 Å². The zero-order valence-electron chi connectivity index (χ0n) is 11.0. The summed E-state index contributed by atoms with van der Waals surface area (Å²) in [5.41, 5.74) is 2.33. The Morgan fingerprint density at radius 1 is 1.25 bits per heavy atom. The second-order valence-corrected chi connectivity index (χ2v) is 4.60. The van der Waals surface area contributed by atoms with Gasteiger partial charge in [0.05, 0.1) is 11.1 Å². The Labute approximate surface area is 116 Å². The number of aromatic nitrogens is 3. The molecule has 2 N–H and O–H groups in total. The summed E-state index contributed by atoms with van der Waals surface area (Å²) < 4.78 is 0. The molecule has 3 aromatic rings. The van der Waals surface area contributed by atoms with Gasteiger partial charge in [-0.05, 0) is 18.6 Å². The summed E-state index contributed by atoms with van der Waals surface area (Å²) in [5.74, 6) is 0.718. The lowest BCUT2D eigenvalue weighted by atomic mass is 10.1. The monoisotopic (exact) mass is 266 g/mol. The van der Waals surface area contributed by atoms with E-state index in [4.69, 9.17) is 0 Å². The molecule has 1 atom stereocenters. The maximum Gasteiger partial charge on any atom is 0.166 e. The smallest absolute Gasteiger partial charge is 0.166 e. The highest BCUT2D eigenvalue weighted by molar-refractivity contribution is 5.92. The minimum absolute atomic E-state index is 0.115. The van der Waals surface area contributed by atoms with Gasteiger partial charge in [-0.15, -0.1) is 0 Å². The van der Waals surface area contributed by atoms with Gasteiger partial charge in [0, 0.05) is 6.04 Å². The molecule has 0 fully saturated rings. The number of carbonyl (C=O) groups is 1. The molecule has 5 nitrogen and oxygen atoms in total. The van der Waals surface area contributed by atoms with Gasteiger partial charge in [0.1, 0.15) is 17.8 Å². The normalized spacial score (nSPS) is 12.2. The van der Waals surface area contributed by atoms with E-state index >= 15 is 0 Å². The summed E-state index contributed by atoms with van der Waals surface area (Å²) in [5, 5.41) is 4.17. The van der Waals surface area contributed by atoms with Crippen molar-refractivity contribution in [2.24, 2.45) is 0 Å². The van der Waals surface area contributed by atoms with Gasteiger partial charge in [0.15, 0.2) is 6.29 Å². The SMILES string of the molecule is CC(Nc1ncnc2[nH]c(C=O)cc12)c1ccccc1. The van der Waals surface area contributed by atoms with Crippen LogP contribution < -0.4 is 5.32 Å². The highest BCUT2D eigenvalue weighted by Crippen LogP contribution is 2.24. The quantitative estimate of drug-likeness (QED) is 0.712. The number of benzene rings is 1. The van der Waals surface area contributed by atoms with Gasteiger partial charge in [-0.25, -0.2) is 9.97 Å². The topological polar surface area (TPSA) is 70.7 Å². The fourth-order valence-corrected chi connectivity index (χ4v) is 2.17. The van der Waals surface area contributed by atoms with Crippen LogP contribution in [0.5, 0.6) is 0 Å². The Morgan fingerprint density at radius 2 is 2.05 bits per heavy atom. The van der Waals surface area contributed by atoms with E-state index in [2.05, 4.69) is 39.3 Å². The summed E-state index contributed by atoms with van der Waals surface area (Å²) >= 11 is 0. The van der Waals surface area contributed by atoms with Crippen molar-refractivity contribution in [1.29, 1.82) is 0 Å². The molecule has 0 aliphatic carbocycles. The number of H-pyrrole nitrogens is 1. The van der Waals surface area contributed by atoms with E-state index in [0.717, 1.165) is 17.5 Å². The van der Waals surface area contributed by atoms with Crippen molar-refractivity contribution in [3.05, 3.63) is 54.0 Å². The molecule has 0 spiro atoms. The van der Waals surface area contributed by atoms with Crippen molar-refractivity contribution >= 4 is 23.1 Å². The van der Waals surface area contributed by atoms with Crippen molar-refractivity contribution in [3.8, 4) is 0 Å². The minimum atomic E-state index is 0.115. The third-order valence-corrected chi connectivity index (χ3v) is 3.23. The number of anilines is 1. The van der Waals surface area contributed by atoms with Crippen LogP contribution in [0.3, 0.4) is 0 Å². The number of rotatable bonds is 4. The molecule has 20 heavy (non-hydrogen) atoms. The first kappa shape index (κ1) is 12.3. The van der Waals surface area contributed by atoms with E-state index in [9.17, 15) is 4.79 Å². The van der Waals surface area contributed by atoms with Gasteiger partial charge in [0.2, 0.25) is 0 Å². The van der Waals surface area contributed by atoms with E-state index in [1.165, 1.54) is 11.9 Å². The molecule has 1 unspecified atom stereocenters. The second kappa shape index (κ2) is 5.13. The maximum absolute atomic E-state index is 10.8. The molecule has 0 bridgehead atoms. The number of aromatic amines is 1. The Hall–Kier alpha value is -2.69. The zero-order chi connectivity index (χ0) is 13.9. The van der Waals surface area contributed by atoms with Crippen molar-refractivity contribution in [1.82, 2.24) is 15.0 Å². The fraction of sp³-hybridized carbons (Fsp3) is 0.133. The molecule has 5 heteroatoms. The van der Waals surface area contributed by atoms with Gasteiger partial charge < -0.3 is 10.3 Å². The Balaban J connectivity index is 1.94. The van der Waals surface area contributed by atoms with Crippen molar-refractivity contribution < 1.29 is 4.79 Å². The molecule has 2 aromatic heterocycles. The Bertz CT molecular complexity index is 736. The molecule has 3 rings (SSSR count). The summed E-state index contributed by atoms with van der Waals surface area (Å²) in [6.45, 7) is 2.07. The lowest BCUT2D eigenvalue weighted by Crippen LogP contribution is -2.08. The van der Waals surface area contributed by atoms with E-state index in [0.29, 0.717) is 11.3 Å². The first-order valence-corrected chi connectivity index (χ1v) is 6.38. The predicted octanol–water partition coefficient (Wildman–Crippen LogP) is 2.94. The third kappa shape index (κ3) is 2.25. The number of nitrogens with one attached hydrogen (secondary N) is 2. The van der Waals surface area contributed by atoms with Crippen LogP contribution in [0.1, 0.15) is 29.0 Å². The number of fused-ring (bicyclic) bond motifs is 1. The molecular weight excluding hydrogens is 252 g/mol. The van der Waals surface area contributed by atoms with Crippen LogP contribution in [0.2, 0.25) is 0 Å². The molecule has 0 aliphatic rings.